The van der Waals surface area contributed by atoms with Crippen molar-refractivity contribution >= 4 is 46.3 Å². The minimum Gasteiger partial charge on any atom is -0.369 e. The zero-order chi connectivity index (χ0) is 16.6. The lowest BCUT2D eigenvalue weighted by Gasteiger charge is -2.06. The molecule has 0 bridgehead atoms. The van der Waals surface area contributed by atoms with Crippen molar-refractivity contribution in [3.05, 3.63) is 46.4 Å². The van der Waals surface area contributed by atoms with Crippen LogP contribution in [0.2, 0.25) is 10.0 Å². The molecule has 1 heterocycles. The number of halogens is 2. The largest absolute Gasteiger partial charge is 0.369 e. The molecule has 0 unspecified atom stereocenters. The van der Waals surface area contributed by atoms with Gasteiger partial charge in [-0.2, -0.15) is 5.10 Å². The molecule has 0 aliphatic heterocycles. The molecule has 4 nitrogen and oxygen atoms in total. The topological polar surface area (TPSA) is 33.4 Å². The molecule has 0 amide bonds. The van der Waals surface area contributed by atoms with E-state index in [0.717, 1.165) is 27.8 Å². The van der Waals surface area contributed by atoms with Gasteiger partial charge in [-0.15, -0.1) is 0 Å². The first kappa shape index (κ1) is 15.8. The first-order valence-corrected chi connectivity index (χ1v) is 7.84. The first-order valence-electron chi connectivity index (χ1n) is 7.09. The van der Waals surface area contributed by atoms with Crippen molar-refractivity contribution < 1.29 is 0 Å². The molecule has 0 aliphatic rings. The lowest BCUT2D eigenvalue weighted by molar-refractivity contribution is 0.641. The Morgan fingerprint density at radius 3 is 2.61 bits per heavy atom. The predicted octanol–water partition coefficient (Wildman–Crippen LogP) is 4.77. The third-order valence-electron chi connectivity index (χ3n) is 3.47. The highest BCUT2D eigenvalue weighted by atomic mass is 35.5. The zero-order valence-corrected chi connectivity index (χ0v) is 14.6. The molecule has 0 aliphatic carbocycles. The van der Waals surface area contributed by atoms with Crippen molar-refractivity contribution in [1.29, 1.82) is 0 Å². The van der Waals surface area contributed by atoms with E-state index < -0.39 is 0 Å². The Hall–Kier alpha value is -2.04. The van der Waals surface area contributed by atoms with Crippen LogP contribution in [0.25, 0.3) is 22.0 Å². The second-order valence-electron chi connectivity index (χ2n) is 5.48. The fraction of sp³-hybridized carbons (Fsp3) is 0.176. The Labute approximate surface area is 144 Å². The maximum absolute atomic E-state index is 6.36. The summed E-state index contributed by atoms with van der Waals surface area (Å²) in [5.74, 6) is 0.806. The van der Waals surface area contributed by atoms with E-state index in [4.69, 9.17) is 23.2 Å². The second kappa shape index (κ2) is 6.22. The molecule has 0 saturated heterocycles. The SMILES string of the molecule is CN(C)/C=N\c1c2cccc(-c3ccc(Cl)cc3Cl)c2nn1C. The van der Waals surface area contributed by atoms with Gasteiger partial charge in [0.2, 0.25) is 0 Å². The molecule has 2 aromatic carbocycles. The molecule has 0 N–H and O–H groups in total. The summed E-state index contributed by atoms with van der Waals surface area (Å²) in [5.41, 5.74) is 2.74. The van der Waals surface area contributed by atoms with E-state index in [1.54, 1.807) is 17.1 Å². The Morgan fingerprint density at radius 2 is 1.91 bits per heavy atom. The molecule has 0 radical (unpaired) electrons. The Kier molecular flexibility index (Phi) is 4.28. The van der Waals surface area contributed by atoms with Crippen LogP contribution in [0.1, 0.15) is 0 Å². The molecular formula is C17H16Cl2N4. The quantitative estimate of drug-likeness (QED) is 0.505. The van der Waals surface area contributed by atoms with Crippen LogP contribution in [0.5, 0.6) is 0 Å². The number of fused-ring (bicyclic) bond motifs is 1. The van der Waals surface area contributed by atoms with Gasteiger partial charge in [0, 0.05) is 47.7 Å². The molecule has 0 atom stereocenters. The van der Waals surface area contributed by atoms with Gasteiger partial charge < -0.3 is 4.90 Å². The van der Waals surface area contributed by atoms with Crippen LogP contribution in [-0.2, 0) is 7.05 Å². The number of rotatable bonds is 3. The normalized spacial score (nSPS) is 11.5. The fourth-order valence-corrected chi connectivity index (χ4v) is 2.96. The molecule has 3 rings (SSSR count). The highest BCUT2D eigenvalue weighted by Gasteiger charge is 2.14. The van der Waals surface area contributed by atoms with Crippen molar-refractivity contribution in [3.63, 3.8) is 0 Å². The summed E-state index contributed by atoms with van der Waals surface area (Å²) < 4.78 is 1.78. The maximum atomic E-state index is 6.36. The van der Waals surface area contributed by atoms with Gasteiger partial charge >= 0.3 is 0 Å². The Bertz CT molecular complexity index is 897. The van der Waals surface area contributed by atoms with E-state index in [2.05, 4.69) is 10.1 Å². The second-order valence-corrected chi connectivity index (χ2v) is 6.32. The average Bonchev–Trinajstić information content (AvgIpc) is 2.81. The van der Waals surface area contributed by atoms with Crippen molar-refractivity contribution in [2.24, 2.45) is 12.0 Å². The summed E-state index contributed by atoms with van der Waals surface area (Å²) in [5, 5.41) is 6.82. The monoisotopic (exact) mass is 346 g/mol. The molecule has 3 aromatic rings. The smallest absolute Gasteiger partial charge is 0.159 e. The number of aromatic nitrogens is 2. The van der Waals surface area contributed by atoms with Crippen LogP contribution < -0.4 is 0 Å². The number of aryl methyl sites for hydroxylation is 1. The van der Waals surface area contributed by atoms with Crippen LogP contribution in [0.15, 0.2) is 41.4 Å². The van der Waals surface area contributed by atoms with E-state index in [-0.39, 0.29) is 0 Å². The number of nitrogens with zero attached hydrogens (tertiary/aromatic N) is 4. The molecule has 23 heavy (non-hydrogen) atoms. The fourth-order valence-electron chi connectivity index (χ4n) is 2.45. The zero-order valence-electron chi connectivity index (χ0n) is 13.1. The van der Waals surface area contributed by atoms with Crippen LogP contribution >= 0.6 is 23.2 Å². The molecule has 0 fully saturated rings. The third-order valence-corrected chi connectivity index (χ3v) is 4.01. The minimum atomic E-state index is 0.606. The van der Waals surface area contributed by atoms with E-state index in [1.807, 2.05) is 56.4 Å². The summed E-state index contributed by atoms with van der Waals surface area (Å²) in [7, 11) is 5.75. The first-order chi connectivity index (χ1) is 11.0. The average molecular weight is 347 g/mol. The van der Waals surface area contributed by atoms with Crippen LogP contribution in [-0.4, -0.2) is 35.1 Å². The molecule has 1 aromatic heterocycles. The molecule has 0 spiro atoms. The molecule has 0 saturated carbocycles. The van der Waals surface area contributed by atoms with Gasteiger partial charge in [0.1, 0.15) is 5.52 Å². The van der Waals surface area contributed by atoms with Crippen molar-refractivity contribution in [1.82, 2.24) is 14.7 Å². The number of aliphatic imine (C=N–C) groups is 1. The number of hydrogen-bond acceptors (Lipinski definition) is 2. The van der Waals surface area contributed by atoms with Gasteiger partial charge in [0.25, 0.3) is 0 Å². The lowest BCUT2D eigenvalue weighted by Crippen LogP contribution is -2.07. The van der Waals surface area contributed by atoms with Crippen molar-refractivity contribution in [3.8, 4) is 11.1 Å². The van der Waals surface area contributed by atoms with Gasteiger partial charge in [0.15, 0.2) is 5.82 Å². The van der Waals surface area contributed by atoms with E-state index in [9.17, 15) is 0 Å². The van der Waals surface area contributed by atoms with Crippen molar-refractivity contribution in [2.75, 3.05) is 14.1 Å². The number of hydrogen-bond donors (Lipinski definition) is 0. The molecular weight excluding hydrogens is 331 g/mol. The number of benzene rings is 2. The lowest BCUT2D eigenvalue weighted by atomic mass is 10.0. The van der Waals surface area contributed by atoms with Gasteiger partial charge in [0.05, 0.1) is 6.34 Å². The van der Waals surface area contributed by atoms with Gasteiger partial charge in [-0.3, -0.25) is 0 Å². The van der Waals surface area contributed by atoms with E-state index in [0.29, 0.717) is 10.0 Å². The van der Waals surface area contributed by atoms with Crippen molar-refractivity contribution in [2.45, 2.75) is 0 Å². The van der Waals surface area contributed by atoms with Crippen LogP contribution in [0, 0.1) is 0 Å². The van der Waals surface area contributed by atoms with Crippen LogP contribution in [0.4, 0.5) is 5.82 Å². The minimum absolute atomic E-state index is 0.606. The van der Waals surface area contributed by atoms with Crippen LogP contribution in [0.3, 0.4) is 0 Å². The Balaban J connectivity index is 2.22. The van der Waals surface area contributed by atoms with E-state index >= 15 is 0 Å². The van der Waals surface area contributed by atoms with Gasteiger partial charge in [-0.1, -0.05) is 41.4 Å². The van der Waals surface area contributed by atoms with Gasteiger partial charge in [-0.25, -0.2) is 9.67 Å². The summed E-state index contributed by atoms with van der Waals surface area (Å²) in [6, 6.07) is 11.5. The maximum Gasteiger partial charge on any atom is 0.159 e. The summed E-state index contributed by atoms with van der Waals surface area (Å²) in [4.78, 5) is 6.40. The summed E-state index contributed by atoms with van der Waals surface area (Å²) in [6.07, 6.45) is 1.76. The van der Waals surface area contributed by atoms with E-state index in [1.165, 1.54) is 0 Å². The van der Waals surface area contributed by atoms with Gasteiger partial charge in [-0.05, 0) is 18.2 Å². The summed E-state index contributed by atoms with van der Waals surface area (Å²) in [6.45, 7) is 0. The summed E-state index contributed by atoms with van der Waals surface area (Å²) >= 11 is 12.4. The molecule has 6 heteroatoms. The molecule has 118 valence electrons. The standard InChI is InChI=1S/C17H16Cl2N4/c1-22(2)10-20-17-14-6-4-5-13(16(14)21-23(17)3)12-8-7-11(18)9-15(12)19/h4-10H,1-3H3/b20-10-. The third kappa shape index (κ3) is 3.05. The Morgan fingerprint density at radius 1 is 1.13 bits per heavy atom. The predicted molar refractivity (Wildman–Crippen MR) is 98.0 cm³/mol. The highest BCUT2D eigenvalue weighted by molar-refractivity contribution is 6.36. The highest BCUT2D eigenvalue weighted by Crippen LogP contribution is 2.37.